The first-order valence-corrected chi connectivity index (χ1v) is 7.35. The Kier molecular flexibility index (Phi) is 3.53. The molecule has 0 spiro atoms. The Balaban J connectivity index is 2.36. The summed E-state index contributed by atoms with van der Waals surface area (Å²) in [6.07, 6.45) is 0. The summed E-state index contributed by atoms with van der Waals surface area (Å²) in [6, 6.07) is 4.13. The smallest absolute Gasteiger partial charge is 0.227 e. The minimum atomic E-state index is 0.319. The number of hydrogen-bond acceptors (Lipinski definition) is 4. The van der Waals surface area contributed by atoms with Crippen LogP contribution in [0.25, 0.3) is 16.8 Å². The monoisotopic (exact) mass is 316 g/mol. The van der Waals surface area contributed by atoms with Gasteiger partial charge in [0.15, 0.2) is 5.65 Å². The summed E-state index contributed by atoms with van der Waals surface area (Å²) in [6.45, 7) is 7.85. The summed E-state index contributed by atoms with van der Waals surface area (Å²) in [5, 5.41) is 4.79. The zero-order chi connectivity index (χ0) is 16.0. The number of benzene rings is 1. The Morgan fingerprint density at radius 3 is 2.45 bits per heavy atom. The van der Waals surface area contributed by atoms with Crippen LogP contribution >= 0.6 is 11.6 Å². The number of hydrogen-bond donors (Lipinski definition) is 0. The summed E-state index contributed by atoms with van der Waals surface area (Å²) in [5.41, 5.74) is 5.83. The van der Waals surface area contributed by atoms with E-state index in [9.17, 15) is 0 Å². The van der Waals surface area contributed by atoms with Crippen molar-refractivity contribution < 1.29 is 4.74 Å². The van der Waals surface area contributed by atoms with Gasteiger partial charge >= 0.3 is 0 Å². The van der Waals surface area contributed by atoms with E-state index in [1.54, 1.807) is 11.6 Å². The molecule has 0 amide bonds. The molecule has 0 aliphatic heterocycles. The first kappa shape index (κ1) is 14.8. The molecule has 5 nitrogen and oxygen atoms in total. The van der Waals surface area contributed by atoms with Crippen LogP contribution in [0.15, 0.2) is 12.1 Å². The summed E-state index contributed by atoms with van der Waals surface area (Å²) >= 11 is 6.18. The third kappa shape index (κ3) is 2.22. The van der Waals surface area contributed by atoms with Gasteiger partial charge in [-0.25, -0.2) is 9.97 Å². The van der Waals surface area contributed by atoms with E-state index in [0.717, 1.165) is 39.3 Å². The molecule has 0 bridgehead atoms. The molecule has 0 saturated carbocycles. The van der Waals surface area contributed by atoms with Crippen LogP contribution in [0.4, 0.5) is 0 Å². The molecule has 0 atom stereocenters. The van der Waals surface area contributed by atoms with Crippen molar-refractivity contribution in [2.24, 2.45) is 0 Å². The lowest BCUT2D eigenvalue weighted by atomic mass is 9.98. The number of nitrogens with zero attached hydrogens (tertiary/aromatic N) is 4. The molecule has 0 saturated heterocycles. The maximum absolute atomic E-state index is 6.18. The Labute approximate surface area is 133 Å². The molecule has 3 aromatic rings. The predicted octanol–water partition coefficient (Wildman–Crippen LogP) is 3.69. The van der Waals surface area contributed by atoms with Gasteiger partial charge in [0.25, 0.3) is 0 Å². The molecule has 114 valence electrons. The molecule has 3 rings (SSSR count). The zero-order valence-corrected chi connectivity index (χ0v) is 14.0. The number of fused-ring (bicyclic) bond motifs is 1. The zero-order valence-electron chi connectivity index (χ0n) is 13.2. The van der Waals surface area contributed by atoms with Gasteiger partial charge in [0.05, 0.1) is 12.8 Å². The van der Waals surface area contributed by atoms with Crippen molar-refractivity contribution in [3.05, 3.63) is 40.1 Å². The fraction of sp³-hybridized carbons (Fsp3) is 0.312. The number of rotatable bonds is 2. The summed E-state index contributed by atoms with van der Waals surface area (Å²) in [4.78, 5) is 8.67. The highest BCUT2D eigenvalue weighted by molar-refractivity contribution is 6.28. The minimum absolute atomic E-state index is 0.319. The number of aryl methyl sites for hydroxylation is 4. The van der Waals surface area contributed by atoms with Gasteiger partial charge in [-0.1, -0.05) is 0 Å². The van der Waals surface area contributed by atoms with Crippen LogP contribution in [-0.2, 0) is 0 Å². The standard InChI is InChI=1S/C16H17ClN4O/c1-8-7-13(22-5)9(2)6-12(8)14-10(3)20-21-15(14)18-11(4)19-16(21)17/h6-7H,1-5H3. The van der Waals surface area contributed by atoms with E-state index in [2.05, 4.69) is 28.1 Å². The van der Waals surface area contributed by atoms with Gasteiger partial charge in [-0.05, 0) is 68.1 Å². The van der Waals surface area contributed by atoms with Crippen molar-refractivity contribution in [1.82, 2.24) is 19.6 Å². The fourth-order valence-corrected chi connectivity index (χ4v) is 2.94. The Morgan fingerprint density at radius 2 is 1.77 bits per heavy atom. The lowest BCUT2D eigenvalue weighted by Gasteiger charge is -2.11. The average molecular weight is 317 g/mol. The largest absolute Gasteiger partial charge is 0.496 e. The lowest BCUT2D eigenvalue weighted by Crippen LogP contribution is -1.99. The molecule has 2 heterocycles. The van der Waals surface area contributed by atoms with Crippen LogP contribution < -0.4 is 4.74 Å². The normalized spacial score (nSPS) is 11.2. The van der Waals surface area contributed by atoms with Gasteiger partial charge in [0.2, 0.25) is 5.28 Å². The van der Waals surface area contributed by atoms with Crippen molar-refractivity contribution in [2.45, 2.75) is 27.7 Å². The number of halogens is 1. The summed E-state index contributed by atoms with van der Waals surface area (Å²) < 4.78 is 6.97. The van der Waals surface area contributed by atoms with Crippen molar-refractivity contribution in [3.8, 4) is 16.9 Å². The van der Waals surface area contributed by atoms with Gasteiger partial charge in [-0.2, -0.15) is 9.61 Å². The van der Waals surface area contributed by atoms with E-state index in [-0.39, 0.29) is 0 Å². The van der Waals surface area contributed by atoms with E-state index < -0.39 is 0 Å². The lowest BCUT2D eigenvalue weighted by molar-refractivity contribution is 0.411. The Hall–Kier alpha value is -2.14. The maximum Gasteiger partial charge on any atom is 0.227 e. The molecule has 22 heavy (non-hydrogen) atoms. The molecule has 0 fully saturated rings. The SMILES string of the molecule is COc1cc(C)c(-c2c(C)nn3c(Cl)nc(C)nc23)cc1C. The molecule has 2 aromatic heterocycles. The number of aromatic nitrogens is 4. The second kappa shape index (κ2) is 5.25. The highest BCUT2D eigenvalue weighted by atomic mass is 35.5. The van der Waals surface area contributed by atoms with Gasteiger partial charge < -0.3 is 4.74 Å². The number of methoxy groups -OCH3 is 1. The second-order valence-corrected chi connectivity index (χ2v) is 5.71. The van der Waals surface area contributed by atoms with Gasteiger partial charge in [-0.15, -0.1) is 0 Å². The Morgan fingerprint density at radius 1 is 1.05 bits per heavy atom. The van der Waals surface area contributed by atoms with E-state index in [1.807, 2.05) is 26.8 Å². The van der Waals surface area contributed by atoms with Gasteiger partial charge in [0.1, 0.15) is 11.6 Å². The summed E-state index contributed by atoms with van der Waals surface area (Å²) in [5.74, 6) is 1.50. The number of ether oxygens (including phenoxy) is 1. The van der Waals surface area contributed by atoms with Crippen molar-refractivity contribution in [2.75, 3.05) is 7.11 Å². The molecule has 0 aliphatic rings. The molecular formula is C16H17ClN4O. The van der Waals surface area contributed by atoms with E-state index >= 15 is 0 Å². The van der Waals surface area contributed by atoms with Gasteiger partial charge in [-0.3, -0.25) is 0 Å². The first-order chi connectivity index (χ1) is 10.4. The second-order valence-electron chi connectivity index (χ2n) is 5.37. The molecule has 0 unspecified atom stereocenters. The maximum atomic E-state index is 6.18. The van der Waals surface area contributed by atoms with Crippen LogP contribution in [0.3, 0.4) is 0 Å². The molecule has 0 radical (unpaired) electrons. The van der Waals surface area contributed by atoms with Crippen molar-refractivity contribution >= 4 is 17.2 Å². The molecule has 0 aliphatic carbocycles. The summed E-state index contributed by atoms with van der Waals surface area (Å²) in [7, 11) is 1.68. The quantitative estimate of drug-likeness (QED) is 0.723. The van der Waals surface area contributed by atoms with Gasteiger partial charge in [0, 0.05) is 5.56 Å². The van der Waals surface area contributed by atoms with Crippen LogP contribution in [0, 0.1) is 27.7 Å². The third-order valence-electron chi connectivity index (χ3n) is 3.74. The first-order valence-electron chi connectivity index (χ1n) is 6.97. The highest BCUT2D eigenvalue weighted by Gasteiger charge is 2.18. The molecule has 6 heteroatoms. The van der Waals surface area contributed by atoms with E-state index in [4.69, 9.17) is 16.3 Å². The van der Waals surface area contributed by atoms with Crippen LogP contribution in [0.2, 0.25) is 5.28 Å². The van der Waals surface area contributed by atoms with Crippen molar-refractivity contribution in [1.29, 1.82) is 0 Å². The third-order valence-corrected chi connectivity index (χ3v) is 3.99. The minimum Gasteiger partial charge on any atom is -0.496 e. The Bertz CT molecular complexity index is 886. The van der Waals surface area contributed by atoms with Crippen molar-refractivity contribution in [3.63, 3.8) is 0 Å². The van der Waals surface area contributed by atoms with Crippen LogP contribution in [0.1, 0.15) is 22.6 Å². The van der Waals surface area contributed by atoms with Crippen LogP contribution in [0.5, 0.6) is 5.75 Å². The highest BCUT2D eigenvalue weighted by Crippen LogP contribution is 2.34. The molecular weight excluding hydrogens is 300 g/mol. The van der Waals surface area contributed by atoms with E-state index in [0.29, 0.717) is 11.1 Å². The molecule has 1 aromatic carbocycles. The predicted molar refractivity (Wildman–Crippen MR) is 86.7 cm³/mol. The van der Waals surface area contributed by atoms with E-state index in [1.165, 1.54) is 0 Å². The fourth-order valence-electron chi connectivity index (χ4n) is 2.70. The topological polar surface area (TPSA) is 52.3 Å². The molecule has 0 N–H and O–H groups in total. The average Bonchev–Trinajstić information content (AvgIpc) is 2.77. The van der Waals surface area contributed by atoms with Crippen LogP contribution in [-0.4, -0.2) is 26.7 Å².